The predicted molar refractivity (Wildman–Crippen MR) is 131 cm³/mol. The molecule has 0 unspecified atom stereocenters. The van der Waals surface area contributed by atoms with Crippen LogP contribution in [0.3, 0.4) is 0 Å². The Hall–Kier alpha value is -3.81. The van der Waals surface area contributed by atoms with Crippen molar-refractivity contribution in [2.24, 2.45) is 0 Å². The first-order valence-electron chi connectivity index (χ1n) is 11.0. The van der Waals surface area contributed by atoms with E-state index in [4.69, 9.17) is 23.7 Å². The summed E-state index contributed by atoms with van der Waals surface area (Å²) in [7, 11) is 6.96. The summed E-state index contributed by atoms with van der Waals surface area (Å²) in [6.45, 7) is 3.67. The summed E-state index contributed by atoms with van der Waals surface area (Å²) in [5.74, 6) is -0.504. The molecule has 2 aromatic carbocycles. The summed E-state index contributed by atoms with van der Waals surface area (Å²) >= 11 is 0. The van der Waals surface area contributed by atoms with Crippen LogP contribution in [0.1, 0.15) is 62.2 Å². The van der Waals surface area contributed by atoms with Gasteiger partial charge in [-0.2, -0.15) is 0 Å². The first-order valence-corrected chi connectivity index (χ1v) is 11.0. The van der Waals surface area contributed by atoms with Crippen molar-refractivity contribution >= 4 is 23.5 Å². The van der Waals surface area contributed by atoms with Gasteiger partial charge < -0.3 is 23.7 Å². The van der Waals surface area contributed by atoms with E-state index in [1.807, 2.05) is 32.1 Å². The lowest BCUT2D eigenvalue weighted by Gasteiger charge is -2.18. The average Bonchev–Trinajstić information content (AvgIpc) is 2.86. The molecule has 0 saturated heterocycles. The fourth-order valence-electron chi connectivity index (χ4n) is 3.92. The van der Waals surface area contributed by atoms with Crippen molar-refractivity contribution in [1.29, 1.82) is 0 Å². The predicted octanol–water partition coefficient (Wildman–Crippen LogP) is 4.67. The van der Waals surface area contributed by atoms with Gasteiger partial charge in [0.05, 0.1) is 35.5 Å². The number of rotatable bonds is 10. The Kier molecular flexibility index (Phi) is 9.87. The number of methoxy groups -OCH3 is 5. The molecule has 8 nitrogen and oxygen atoms in total. The zero-order valence-electron chi connectivity index (χ0n) is 21.3. The smallest absolute Gasteiger partial charge is 0.341 e. The van der Waals surface area contributed by atoms with Crippen LogP contribution in [-0.2, 0) is 19.0 Å². The molecule has 188 valence electrons. The van der Waals surface area contributed by atoms with E-state index < -0.39 is 11.9 Å². The molecule has 0 aliphatic carbocycles. The Labute approximate surface area is 205 Å². The molecule has 0 aromatic heterocycles. The number of unbranched alkanes of at least 4 members (excludes halogenated alkanes) is 1. The van der Waals surface area contributed by atoms with Gasteiger partial charge in [0.15, 0.2) is 0 Å². The first-order chi connectivity index (χ1) is 16.7. The van der Waals surface area contributed by atoms with Gasteiger partial charge in [0.25, 0.3) is 0 Å². The highest BCUT2D eigenvalue weighted by molar-refractivity contribution is 5.97. The third kappa shape index (κ3) is 6.41. The second kappa shape index (κ2) is 12.6. The van der Waals surface area contributed by atoms with E-state index in [9.17, 15) is 14.4 Å². The maximum Gasteiger partial charge on any atom is 0.341 e. The second-order valence-corrected chi connectivity index (χ2v) is 7.82. The molecule has 2 rings (SSSR count). The largest absolute Gasteiger partial charge is 0.496 e. The summed E-state index contributed by atoms with van der Waals surface area (Å²) in [5.41, 5.74) is 4.26. The number of hydrogen-bond donors (Lipinski definition) is 0. The third-order valence-corrected chi connectivity index (χ3v) is 5.55. The number of ether oxygens (including phenoxy) is 5. The average molecular weight is 485 g/mol. The molecule has 0 atom stereocenters. The van der Waals surface area contributed by atoms with Crippen LogP contribution in [0, 0.1) is 13.8 Å². The number of carbonyl (C=O) groups is 3. The van der Waals surface area contributed by atoms with E-state index >= 15 is 0 Å². The van der Waals surface area contributed by atoms with Crippen molar-refractivity contribution in [3.63, 3.8) is 0 Å². The zero-order chi connectivity index (χ0) is 26.1. The highest BCUT2D eigenvalue weighted by atomic mass is 16.5. The van der Waals surface area contributed by atoms with E-state index in [-0.39, 0.29) is 23.5 Å². The van der Waals surface area contributed by atoms with Crippen LogP contribution in [0.25, 0.3) is 5.57 Å². The van der Waals surface area contributed by atoms with Crippen LogP contribution in [0.5, 0.6) is 11.5 Å². The zero-order valence-corrected chi connectivity index (χ0v) is 21.3. The van der Waals surface area contributed by atoms with Gasteiger partial charge in [-0.25, -0.2) is 9.59 Å². The van der Waals surface area contributed by atoms with E-state index in [2.05, 4.69) is 0 Å². The molecule has 0 saturated carbocycles. The van der Waals surface area contributed by atoms with Crippen molar-refractivity contribution in [2.45, 2.75) is 33.1 Å². The number of allylic oxidation sites excluding steroid dienone is 1. The molecule has 0 fully saturated rings. The topological polar surface area (TPSA) is 97.4 Å². The van der Waals surface area contributed by atoms with Gasteiger partial charge in [0.1, 0.15) is 22.6 Å². The molecule has 0 spiro atoms. The van der Waals surface area contributed by atoms with Crippen molar-refractivity contribution in [1.82, 2.24) is 0 Å². The molecule has 8 heteroatoms. The summed E-state index contributed by atoms with van der Waals surface area (Å²) in [5, 5.41) is 0. The number of benzene rings is 2. The normalized spacial score (nSPS) is 10.3. The van der Waals surface area contributed by atoms with Gasteiger partial charge in [0, 0.05) is 6.42 Å². The van der Waals surface area contributed by atoms with Gasteiger partial charge in [-0.15, -0.1) is 0 Å². The highest BCUT2D eigenvalue weighted by Gasteiger charge is 2.21. The third-order valence-electron chi connectivity index (χ3n) is 5.55. The van der Waals surface area contributed by atoms with Crippen LogP contribution >= 0.6 is 0 Å². The van der Waals surface area contributed by atoms with E-state index in [0.717, 1.165) is 27.8 Å². The molecule has 35 heavy (non-hydrogen) atoms. The SMILES string of the molecule is COC(=O)CCCC=C(c1cc(C)c(OC)c(C(=O)OC)c1)c1cc(C)c(OC)c(C(=O)OC)c1. The number of aryl methyl sites for hydroxylation is 2. The monoisotopic (exact) mass is 484 g/mol. The minimum atomic E-state index is -0.530. The van der Waals surface area contributed by atoms with E-state index in [1.54, 1.807) is 12.1 Å². The molecule has 0 aliphatic rings. The Morgan fingerprint density at radius 1 is 0.714 bits per heavy atom. The fourth-order valence-corrected chi connectivity index (χ4v) is 3.92. The highest BCUT2D eigenvalue weighted by Crippen LogP contribution is 2.35. The van der Waals surface area contributed by atoms with Crippen LogP contribution in [0.4, 0.5) is 0 Å². The van der Waals surface area contributed by atoms with Gasteiger partial charge in [-0.05, 0) is 78.8 Å². The maximum absolute atomic E-state index is 12.5. The number of esters is 3. The lowest BCUT2D eigenvalue weighted by Crippen LogP contribution is -2.08. The Morgan fingerprint density at radius 2 is 1.17 bits per heavy atom. The van der Waals surface area contributed by atoms with Crippen LogP contribution < -0.4 is 9.47 Å². The van der Waals surface area contributed by atoms with Crippen molar-refractivity contribution in [3.05, 3.63) is 63.7 Å². The maximum atomic E-state index is 12.5. The van der Waals surface area contributed by atoms with Crippen molar-refractivity contribution in [3.8, 4) is 11.5 Å². The van der Waals surface area contributed by atoms with Gasteiger partial charge >= 0.3 is 17.9 Å². The molecule has 2 aromatic rings. The standard InChI is InChI=1S/C27H32O8/c1-16-12-18(14-21(24(16)32-4)26(29)34-6)20(10-8-9-11-23(28)31-3)19-13-17(2)25(33-5)22(15-19)27(30)35-7/h10,12-15H,8-9,11H2,1-7H3. The molecular weight excluding hydrogens is 452 g/mol. The number of carbonyl (C=O) groups excluding carboxylic acids is 3. The summed E-state index contributed by atoms with van der Waals surface area (Å²) in [4.78, 5) is 36.5. The molecule has 0 bridgehead atoms. The quantitative estimate of drug-likeness (QED) is 0.273. The Balaban J connectivity index is 2.73. The van der Waals surface area contributed by atoms with Gasteiger partial charge in [-0.3, -0.25) is 4.79 Å². The lowest BCUT2D eigenvalue weighted by atomic mass is 9.90. The molecule has 0 aliphatic heterocycles. The molecular formula is C27H32O8. The van der Waals surface area contributed by atoms with Crippen LogP contribution in [0.15, 0.2) is 30.3 Å². The van der Waals surface area contributed by atoms with Crippen LogP contribution in [-0.4, -0.2) is 53.5 Å². The minimum absolute atomic E-state index is 0.268. The van der Waals surface area contributed by atoms with Crippen molar-refractivity contribution in [2.75, 3.05) is 35.5 Å². The summed E-state index contributed by atoms with van der Waals surface area (Å²) in [6, 6.07) is 7.19. The van der Waals surface area contributed by atoms with Crippen LogP contribution in [0.2, 0.25) is 0 Å². The molecule has 0 amide bonds. The van der Waals surface area contributed by atoms with E-state index in [0.29, 0.717) is 24.3 Å². The second-order valence-electron chi connectivity index (χ2n) is 7.82. The fraction of sp³-hybridized carbons (Fsp3) is 0.370. The van der Waals surface area contributed by atoms with E-state index in [1.165, 1.54) is 35.5 Å². The first kappa shape index (κ1) is 27.4. The molecule has 0 radical (unpaired) electrons. The van der Waals surface area contributed by atoms with Gasteiger partial charge in [0.2, 0.25) is 0 Å². The Morgan fingerprint density at radius 3 is 1.54 bits per heavy atom. The molecule has 0 N–H and O–H groups in total. The summed E-state index contributed by atoms with van der Waals surface area (Å²) < 4.78 is 25.5. The lowest BCUT2D eigenvalue weighted by molar-refractivity contribution is -0.140. The Bertz CT molecular complexity index is 1050. The molecule has 0 heterocycles. The summed E-state index contributed by atoms with van der Waals surface area (Å²) in [6.07, 6.45) is 3.35. The van der Waals surface area contributed by atoms with Crippen molar-refractivity contribution < 1.29 is 38.1 Å². The van der Waals surface area contributed by atoms with Gasteiger partial charge in [-0.1, -0.05) is 6.08 Å². The number of hydrogen-bond acceptors (Lipinski definition) is 8. The minimum Gasteiger partial charge on any atom is -0.496 e.